The molecule has 7 heteroatoms. The van der Waals surface area contributed by atoms with Crippen LogP contribution in [-0.4, -0.2) is 52.1 Å². The molecule has 0 bridgehead atoms. The van der Waals surface area contributed by atoms with Gasteiger partial charge in [-0.3, -0.25) is 4.79 Å². The standard InChI is InChI=1S/C24H43N3O4/c1-21(2,3)17(25-20(31)26-22(4,5)6)18(28)27-14-15(13-16(27)19(29)30)23(7,8)24(9)11-10-12-24/h15-17H,10-14H2,1-9H3,(H,29,30)(H2,25,26,31)/t15?,16-,17+/m0/s1. The summed E-state index contributed by atoms with van der Waals surface area (Å²) in [4.78, 5) is 39.8. The Balaban J connectivity index is 2.27. The fourth-order valence-electron chi connectivity index (χ4n) is 5.00. The Hall–Kier alpha value is -1.79. The van der Waals surface area contributed by atoms with Crippen LogP contribution in [0.1, 0.15) is 88.0 Å². The third-order valence-corrected chi connectivity index (χ3v) is 7.78. The highest BCUT2D eigenvalue weighted by molar-refractivity contribution is 5.91. The van der Waals surface area contributed by atoms with Crippen LogP contribution in [0.5, 0.6) is 0 Å². The van der Waals surface area contributed by atoms with Crippen molar-refractivity contribution in [1.82, 2.24) is 15.5 Å². The summed E-state index contributed by atoms with van der Waals surface area (Å²) in [5.41, 5.74) is -0.903. The van der Waals surface area contributed by atoms with Gasteiger partial charge in [-0.05, 0) is 62.2 Å². The predicted octanol–water partition coefficient (Wildman–Crippen LogP) is 4.02. The summed E-state index contributed by atoms with van der Waals surface area (Å²) in [6, 6.07) is -2.11. The van der Waals surface area contributed by atoms with Crippen molar-refractivity contribution in [2.45, 2.75) is 106 Å². The molecule has 0 aromatic rings. The van der Waals surface area contributed by atoms with Gasteiger partial charge in [-0.1, -0.05) is 48.0 Å². The van der Waals surface area contributed by atoms with Crippen LogP contribution >= 0.6 is 0 Å². The molecule has 0 aromatic carbocycles. The number of carboxylic acids is 1. The summed E-state index contributed by atoms with van der Waals surface area (Å²) in [6.45, 7) is 18.4. The van der Waals surface area contributed by atoms with Gasteiger partial charge in [0, 0.05) is 12.1 Å². The van der Waals surface area contributed by atoms with Gasteiger partial charge in [0.15, 0.2) is 0 Å². The quantitative estimate of drug-likeness (QED) is 0.605. The number of carbonyl (C=O) groups excluding carboxylic acids is 2. The molecule has 178 valence electrons. The Morgan fingerprint density at radius 3 is 1.97 bits per heavy atom. The summed E-state index contributed by atoms with van der Waals surface area (Å²) in [7, 11) is 0. The Bertz CT molecular complexity index is 713. The molecule has 3 N–H and O–H groups in total. The van der Waals surface area contributed by atoms with Gasteiger partial charge < -0.3 is 20.6 Å². The molecular weight excluding hydrogens is 394 g/mol. The number of rotatable bonds is 5. The average Bonchev–Trinajstić information content (AvgIpc) is 3.00. The van der Waals surface area contributed by atoms with Gasteiger partial charge in [-0.15, -0.1) is 0 Å². The van der Waals surface area contributed by atoms with E-state index in [1.807, 2.05) is 41.5 Å². The highest BCUT2D eigenvalue weighted by atomic mass is 16.4. The second kappa shape index (κ2) is 8.28. The molecule has 1 heterocycles. The van der Waals surface area contributed by atoms with E-state index in [4.69, 9.17) is 0 Å². The van der Waals surface area contributed by atoms with Crippen molar-refractivity contribution in [3.8, 4) is 0 Å². The molecule has 1 unspecified atom stereocenters. The van der Waals surface area contributed by atoms with E-state index in [0.717, 1.165) is 12.8 Å². The lowest BCUT2D eigenvalue weighted by Gasteiger charge is -2.54. The number of carbonyl (C=O) groups is 3. The van der Waals surface area contributed by atoms with Gasteiger partial charge in [0.05, 0.1) is 0 Å². The highest BCUT2D eigenvalue weighted by Gasteiger charge is 2.55. The number of nitrogens with one attached hydrogen (secondary N) is 2. The minimum absolute atomic E-state index is 0.0672. The Morgan fingerprint density at radius 2 is 1.58 bits per heavy atom. The summed E-state index contributed by atoms with van der Waals surface area (Å²) >= 11 is 0. The van der Waals surface area contributed by atoms with E-state index in [0.29, 0.717) is 13.0 Å². The van der Waals surface area contributed by atoms with Gasteiger partial charge in [0.2, 0.25) is 5.91 Å². The van der Waals surface area contributed by atoms with E-state index in [-0.39, 0.29) is 22.7 Å². The molecule has 31 heavy (non-hydrogen) atoms. The first-order valence-electron chi connectivity index (χ1n) is 11.5. The third kappa shape index (κ3) is 5.35. The van der Waals surface area contributed by atoms with Crippen molar-refractivity contribution in [2.24, 2.45) is 22.2 Å². The lowest BCUT2D eigenvalue weighted by molar-refractivity contribution is -0.150. The lowest BCUT2D eigenvalue weighted by atomic mass is 9.51. The van der Waals surface area contributed by atoms with Gasteiger partial charge in [-0.2, -0.15) is 0 Å². The van der Waals surface area contributed by atoms with Crippen LogP contribution < -0.4 is 10.6 Å². The molecule has 3 atom stereocenters. The second-order valence-corrected chi connectivity index (χ2v) is 12.6. The van der Waals surface area contributed by atoms with E-state index in [1.165, 1.54) is 11.3 Å². The van der Waals surface area contributed by atoms with E-state index in [2.05, 4.69) is 31.4 Å². The number of hydrogen-bond acceptors (Lipinski definition) is 3. The number of amides is 3. The zero-order valence-electron chi connectivity index (χ0n) is 20.9. The normalized spacial score (nSPS) is 24.9. The first-order valence-corrected chi connectivity index (χ1v) is 11.5. The third-order valence-electron chi connectivity index (χ3n) is 7.78. The van der Waals surface area contributed by atoms with E-state index >= 15 is 0 Å². The molecule has 1 aliphatic heterocycles. The first kappa shape index (κ1) is 25.5. The first-order chi connectivity index (χ1) is 13.9. The number of urea groups is 1. The number of aliphatic carboxylic acids is 1. The molecule has 0 radical (unpaired) electrons. The molecule has 1 saturated heterocycles. The molecule has 1 saturated carbocycles. The summed E-state index contributed by atoms with van der Waals surface area (Å²) in [5, 5.41) is 15.6. The highest BCUT2D eigenvalue weighted by Crippen LogP contribution is 2.58. The monoisotopic (exact) mass is 437 g/mol. The minimum atomic E-state index is -0.975. The van der Waals surface area contributed by atoms with Crippen molar-refractivity contribution < 1.29 is 19.5 Å². The largest absolute Gasteiger partial charge is 0.480 e. The SMILES string of the molecule is CC(C)(C)NC(=O)N[C@H](C(=O)N1CC(C(C)(C)C2(C)CCC2)C[C@H]1C(=O)O)C(C)(C)C. The zero-order chi connectivity index (χ0) is 24.0. The van der Waals surface area contributed by atoms with E-state index < -0.39 is 35.0 Å². The van der Waals surface area contributed by atoms with Gasteiger partial charge in [0.1, 0.15) is 12.1 Å². The maximum Gasteiger partial charge on any atom is 0.326 e. The van der Waals surface area contributed by atoms with Crippen molar-refractivity contribution in [1.29, 1.82) is 0 Å². The van der Waals surface area contributed by atoms with Crippen molar-refractivity contribution in [3.63, 3.8) is 0 Å². The maximum absolute atomic E-state index is 13.6. The fourth-order valence-corrected chi connectivity index (χ4v) is 5.00. The Morgan fingerprint density at radius 1 is 1.03 bits per heavy atom. The second-order valence-electron chi connectivity index (χ2n) is 12.6. The van der Waals surface area contributed by atoms with E-state index in [1.54, 1.807) is 0 Å². The van der Waals surface area contributed by atoms with Gasteiger partial charge >= 0.3 is 12.0 Å². The maximum atomic E-state index is 13.6. The van der Waals surface area contributed by atoms with Crippen LogP contribution in [0.4, 0.5) is 4.79 Å². The van der Waals surface area contributed by atoms with Crippen LogP contribution in [0.15, 0.2) is 0 Å². The van der Waals surface area contributed by atoms with Crippen LogP contribution in [-0.2, 0) is 9.59 Å². The fraction of sp³-hybridized carbons (Fsp3) is 0.875. The summed E-state index contributed by atoms with van der Waals surface area (Å²) in [6.07, 6.45) is 3.94. The average molecular weight is 438 g/mol. The molecule has 3 amide bonds. The van der Waals surface area contributed by atoms with Gasteiger partial charge in [0.25, 0.3) is 0 Å². The van der Waals surface area contributed by atoms with Crippen molar-refractivity contribution in [2.75, 3.05) is 6.54 Å². The number of likely N-dealkylation sites (tertiary alicyclic amines) is 1. The molecule has 1 aliphatic carbocycles. The zero-order valence-corrected chi connectivity index (χ0v) is 20.9. The number of carboxylic acid groups (broad SMARTS) is 1. The minimum Gasteiger partial charge on any atom is -0.480 e. The molecule has 2 fully saturated rings. The van der Waals surface area contributed by atoms with Crippen LogP contribution in [0.25, 0.3) is 0 Å². The van der Waals surface area contributed by atoms with Crippen LogP contribution in [0, 0.1) is 22.2 Å². The molecule has 0 aromatic heterocycles. The van der Waals surface area contributed by atoms with Crippen molar-refractivity contribution in [3.05, 3.63) is 0 Å². The molecule has 2 rings (SSSR count). The number of nitrogens with zero attached hydrogens (tertiary/aromatic N) is 1. The smallest absolute Gasteiger partial charge is 0.326 e. The topological polar surface area (TPSA) is 98.7 Å². The summed E-state index contributed by atoms with van der Waals surface area (Å²) < 4.78 is 0. The predicted molar refractivity (Wildman–Crippen MR) is 122 cm³/mol. The molecule has 7 nitrogen and oxygen atoms in total. The van der Waals surface area contributed by atoms with Gasteiger partial charge in [-0.25, -0.2) is 9.59 Å². The van der Waals surface area contributed by atoms with Crippen LogP contribution in [0.3, 0.4) is 0 Å². The number of hydrogen-bond donors (Lipinski definition) is 3. The van der Waals surface area contributed by atoms with E-state index in [9.17, 15) is 19.5 Å². The van der Waals surface area contributed by atoms with Crippen LogP contribution in [0.2, 0.25) is 0 Å². The molecule has 0 spiro atoms. The molecule has 2 aliphatic rings. The van der Waals surface area contributed by atoms with Crippen molar-refractivity contribution >= 4 is 17.9 Å². The Kier molecular flexibility index (Phi) is 6.81. The lowest BCUT2D eigenvalue weighted by Crippen LogP contribution is -2.60. The Labute approximate surface area is 187 Å². The summed E-state index contributed by atoms with van der Waals surface area (Å²) in [5.74, 6) is -1.19. The molecular formula is C24H43N3O4.